The predicted molar refractivity (Wildman–Crippen MR) is 107 cm³/mol. The van der Waals surface area contributed by atoms with Crippen LogP contribution in [0, 0.1) is 28.4 Å². The molecule has 0 saturated carbocycles. The minimum Gasteiger partial charge on any atom is -0.338 e. The number of nitrogens with one attached hydrogen (secondary N) is 1. The number of nitriles is 1. The van der Waals surface area contributed by atoms with Crippen molar-refractivity contribution >= 4 is 45.4 Å². The van der Waals surface area contributed by atoms with Crippen molar-refractivity contribution in [3.05, 3.63) is 54.9 Å². The highest BCUT2D eigenvalue weighted by atomic mass is 35.5. The number of thiophene rings is 1. The maximum absolute atomic E-state index is 12.7. The number of anilines is 1. The Labute approximate surface area is 170 Å². The van der Waals surface area contributed by atoms with Crippen LogP contribution in [0.1, 0.15) is 45.0 Å². The lowest BCUT2D eigenvalue weighted by molar-refractivity contribution is -0.385. The number of hydrogen-bond donors (Lipinski definition) is 1. The number of halogens is 1. The molecule has 0 fully saturated rings. The third kappa shape index (κ3) is 4.13. The van der Waals surface area contributed by atoms with E-state index >= 15 is 0 Å². The van der Waals surface area contributed by atoms with Gasteiger partial charge in [0.15, 0.2) is 0 Å². The van der Waals surface area contributed by atoms with Crippen LogP contribution in [0.3, 0.4) is 0 Å². The number of hydrogen-bond acceptors (Lipinski definition) is 6. The van der Waals surface area contributed by atoms with Crippen LogP contribution < -0.4 is 5.32 Å². The summed E-state index contributed by atoms with van der Waals surface area (Å²) in [4.78, 5) is 37.7. The number of nitro benzene ring substituents is 1. The molecule has 0 saturated heterocycles. The molecule has 0 aliphatic rings. The molecule has 1 aromatic carbocycles. The fourth-order valence-corrected chi connectivity index (χ4v) is 3.90. The van der Waals surface area contributed by atoms with Gasteiger partial charge in [0.05, 0.1) is 15.4 Å². The molecule has 1 N–H and O–H groups in total. The molecule has 146 valence electrons. The molecule has 2 rings (SSSR count). The zero-order valence-electron chi connectivity index (χ0n) is 15.4. The van der Waals surface area contributed by atoms with Crippen molar-refractivity contribution in [2.24, 2.45) is 0 Å². The summed E-state index contributed by atoms with van der Waals surface area (Å²) in [6.07, 6.45) is 0. The molecule has 0 radical (unpaired) electrons. The Kier molecular flexibility index (Phi) is 6.72. The van der Waals surface area contributed by atoms with E-state index in [0.29, 0.717) is 23.5 Å². The first-order valence-electron chi connectivity index (χ1n) is 8.33. The Balaban J connectivity index is 2.44. The van der Waals surface area contributed by atoms with Crippen molar-refractivity contribution in [3.63, 3.8) is 0 Å². The molecular weight excluding hydrogens is 404 g/mol. The van der Waals surface area contributed by atoms with Gasteiger partial charge in [0, 0.05) is 24.2 Å². The van der Waals surface area contributed by atoms with Crippen LogP contribution in [-0.2, 0) is 0 Å². The Morgan fingerprint density at radius 2 is 2.00 bits per heavy atom. The van der Waals surface area contributed by atoms with E-state index in [1.807, 2.05) is 19.9 Å². The van der Waals surface area contributed by atoms with Crippen LogP contribution >= 0.6 is 22.9 Å². The summed E-state index contributed by atoms with van der Waals surface area (Å²) in [5, 5.41) is 23.5. The zero-order chi connectivity index (χ0) is 21.0. The number of amides is 2. The smallest absolute Gasteiger partial charge is 0.283 e. The summed E-state index contributed by atoms with van der Waals surface area (Å²) in [6, 6.07) is 5.67. The maximum atomic E-state index is 12.7. The van der Waals surface area contributed by atoms with E-state index in [1.165, 1.54) is 12.1 Å². The second-order valence-corrected chi connectivity index (χ2v) is 7.18. The standard InChI is InChI=1S/C18H17ClN4O4S/c1-4-22(5-2)18(25)15-10(3)13(9-20)17(28-15)21-16(24)12-7-6-11(19)8-14(12)23(26)27/h6-8H,4-5H2,1-3H3,(H,21,24). The van der Waals surface area contributed by atoms with Crippen LogP contribution in [0.25, 0.3) is 0 Å². The molecule has 1 heterocycles. The molecule has 2 aromatic rings. The fraction of sp³-hybridized carbons (Fsp3) is 0.278. The minimum absolute atomic E-state index is 0.125. The summed E-state index contributed by atoms with van der Waals surface area (Å²) in [5.41, 5.74) is -0.0204. The van der Waals surface area contributed by atoms with Crippen LogP contribution in [0.2, 0.25) is 5.02 Å². The highest BCUT2D eigenvalue weighted by Gasteiger charge is 2.26. The lowest BCUT2D eigenvalue weighted by atomic mass is 10.1. The molecular formula is C18H17ClN4O4S. The van der Waals surface area contributed by atoms with Crippen LogP contribution in [0.4, 0.5) is 10.7 Å². The van der Waals surface area contributed by atoms with Gasteiger partial charge in [-0.15, -0.1) is 11.3 Å². The number of nitrogens with zero attached hydrogens (tertiary/aromatic N) is 3. The normalized spacial score (nSPS) is 10.2. The third-order valence-electron chi connectivity index (χ3n) is 4.13. The largest absolute Gasteiger partial charge is 0.338 e. The summed E-state index contributed by atoms with van der Waals surface area (Å²) < 4.78 is 0. The average molecular weight is 421 g/mol. The van der Waals surface area contributed by atoms with Crippen LogP contribution in [0.15, 0.2) is 18.2 Å². The zero-order valence-corrected chi connectivity index (χ0v) is 17.0. The first-order valence-corrected chi connectivity index (χ1v) is 9.52. The van der Waals surface area contributed by atoms with E-state index in [1.54, 1.807) is 11.8 Å². The number of carbonyl (C=O) groups is 2. The molecule has 0 aliphatic carbocycles. The van der Waals surface area contributed by atoms with E-state index in [9.17, 15) is 25.0 Å². The molecule has 8 nitrogen and oxygen atoms in total. The second kappa shape index (κ2) is 8.82. The van der Waals surface area contributed by atoms with Gasteiger partial charge in [-0.25, -0.2) is 0 Å². The van der Waals surface area contributed by atoms with E-state index < -0.39 is 16.5 Å². The predicted octanol–water partition coefficient (Wildman–Crippen LogP) is 4.22. The van der Waals surface area contributed by atoms with Gasteiger partial charge in [0.1, 0.15) is 16.6 Å². The Bertz CT molecular complexity index is 992. The van der Waals surface area contributed by atoms with Crippen molar-refractivity contribution in [3.8, 4) is 6.07 Å². The van der Waals surface area contributed by atoms with E-state index in [4.69, 9.17) is 11.6 Å². The Morgan fingerprint density at radius 3 is 2.54 bits per heavy atom. The fourth-order valence-electron chi connectivity index (χ4n) is 2.61. The van der Waals surface area contributed by atoms with Gasteiger partial charge < -0.3 is 10.2 Å². The number of nitro groups is 1. The van der Waals surface area contributed by atoms with Crippen molar-refractivity contribution in [2.45, 2.75) is 20.8 Å². The molecule has 1 aromatic heterocycles. The van der Waals surface area contributed by atoms with Crippen molar-refractivity contribution in [1.82, 2.24) is 4.90 Å². The van der Waals surface area contributed by atoms with Gasteiger partial charge in [-0.2, -0.15) is 5.26 Å². The van der Waals surface area contributed by atoms with Crippen LogP contribution in [-0.4, -0.2) is 34.7 Å². The Morgan fingerprint density at radius 1 is 1.36 bits per heavy atom. The number of carbonyl (C=O) groups excluding carboxylic acids is 2. The van der Waals surface area contributed by atoms with Crippen molar-refractivity contribution in [2.75, 3.05) is 18.4 Å². The topological polar surface area (TPSA) is 116 Å². The average Bonchev–Trinajstić information content (AvgIpc) is 2.97. The van der Waals surface area contributed by atoms with E-state index in [-0.39, 0.29) is 27.1 Å². The first kappa shape index (κ1) is 21.3. The van der Waals surface area contributed by atoms with Gasteiger partial charge in [-0.3, -0.25) is 19.7 Å². The summed E-state index contributed by atoms with van der Waals surface area (Å²) in [6.45, 7) is 6.34. The number of rotatable bonds is 6. The van der Waals surface area contributed by atoms with Crippen LogP contribution in [0.5, 0.6) is 0 Å². The monoisotopic (exact) mass is 420 g/mol. The summed E-state index contributed by atoms with van der Waals surface area (Å²) in [5.74, 6) is -0.995. The molecule has 0 atom stereocenters. The van der Waals surface area contributed by atoms with Gasteiger partial charge in [0.25, 0.3) is 17.5 Å². The SMILES string of the molecule is CCN(CC)C(=O)c1sc(NC(=O)c2ccc(Cl)cc2[N+](=O)[O-])c(C#N)c1C. The highest BCUT2D eigenvalue weighted by molar-refractivity contribution is 7.18. The minimum atomic E-state index is -0.761. The lowest BCUT2D eigenvalue weighted by Gasteiger charge is -2.17. The van der Waals surface area contributed by atoms with Crippen molar-refractivity contribution < 1.29 is 14.5 Å². The van der Waals surface area contributed by atoms with Gasteiger partial charge in [-0.1, -0.05) is 11.6 Å². The molecule has 0 unspecified atom stereocenters. The van der Waals surface area contributed by atoms with Crippen molar-refractivity contribution in [1.29, 1.82) is 5.26 Å². The molecule has 10 heteroatoms. The third-order valence-corrected chi connectivity index (χ3v) is 5.56. The van der Waals surface area contributed by atoms with E-state index in [0.717, 1.165) is 17.4 Å². The Hall–Kier alpha value is -2.96. The molecule has 0 aliphatic heterocycles. The molecule has 0 spiro atoms. The summed E-state index contributed by atoms with van der Waals surface area (Å²) >= 11 is 6.75. The van der Waals surface area contributed by atoms with Gasteiger partial charge in [-0.05, 0) is 38.5 Å². The maximum Gasteiger partial charge on any atom is 0.283 e. The molecule has 2 amide bonds. The lowest BCUT2D eigenvalue weighted by Crippen LogP contribution is -2.30. The van der Waals surface area contributed by atoms with Gasteiger partial charge in [0.2, 0.25) is 0 Å². The molecule has 28 heavy (non-hydrogen) atoms. The second-order valence-electron chi connectivity index (χ2n) is 5.72. The van der Waals surface area contributed by atoms with Gasteiger partial charge >= 0.3 is 0 Å². The highest BCUT2D eigenvalue weighted by Crippen LogP contribution is 2.34. The summed E-state index contributed by atoms with van der Waals surface area (Å²) in [7, 11) is 0. The first-order chi connectivity index (χ1) is 13.2. The number of benzene rings is 1. The van der Waals surface area contributed by atoms with E-state index in [2.05, 4.69) is 5.32 Å². The quantitative estimate of drug-likeness (QED) is 0.554. The molecule has 0 bridgehead atoms.